The van der Waals surface area contributed by atoms with Crippen LogP contribution >= 0.6 is 0 Å². The van der Waals surface area contributed by atoms with Crippen molar-refractivity contribution in [2.75, 3.05) is 49.6 Å². The lowest BCUT2D eigenvalue weighted by atomic mass is 9.73. The Balaban J connectivity index is 0.000000318. The smallest absolute Gasteiger partial charge is 0.408 e. The number of ether oxygens (including phenoxy) is 18. The van der Waals surface area contributed by atoms with E-state index in [2.05, 4.69) is 29.1 Å². The van der Waals surface area contributed by atoms with E-state index in [1.807, 2.05) is 74.4 Å². The summed E-state index contributed by atoms with van der Waals surface area (Å²) in [7, 11) is 11.6. The first-order valence-electron chi connectivity index (χ1n) is 40.9. The number of cyclic esters (lactones) is 2. The van der Waals surface area contributed by atoms with Gasteiger partial charge in [-0.2, -0.15) is 0 Å². The number of aliphatic hydroxyl groups excluding tert-OH is 2. The standard InChI is InChI=1S/C42H70N2O14.C41H68N2O14/c1-16-28-42(11)34(43-39(49)58-42)23(5)31(46)21(3)19-40(9,50-14)35(57-38-32(47)27(44(12)13)18-22(4)52-38)24(6)33(25(7)37(48)54-28)56-30-20-41(10,51-15)36(26(8)53-30)55-29(45)17-2;1-15-27-41(11)33(43-38(48)57-41)22(5)30(45)20(3)18-39(9,49-13)34(56-37-31(46)26(42-12)17-21(4)51-37)23(6)32(24(7)36(47)53-27)55-29-19-40(10,50-14)35(25(8)52-29)54-28(44)16-2/h17,21-28,30,32-36,38,47H,2,16,18-20H2,1,3-15H3,(H,43,49);16,20-27,29,31-35,37,42,46H,2,15,17-19H2,1,3-14H3,(H,43,48)/t21-,22-,23+,24+,25-,26+,27+,28-,30+,32-,33+,34-,35-,36?,38+,40-,41-,42-;20-,21-,22+,23+,24-,25+,26+,27-,29+,31-,32+,33-,34-,35?,37+,39-,40-,41-/m11/s1. The summed E-state index contributed by atoms with van der Waals surface area (Å²) in [6.45, 7) is 42.6. The summed E-state index contributed by atoms with van der Waals surface area (Å²) in [5.41, 5.74) is -7.42. The molecule has 32 heteroatoms. The molecule has 8 aliphatic rings. The van der Waals surface area contributed by atoms with Crippen LogP contribution < -0.4 is 16.0 Å². The van der Waals surface area contributed by atoms with Crippen LogP contribution in [0, 0.1) is 47.3 Å². The van der Waals surface area contributed by atoms with Crippen molar-refractivity contribution in [3.8, 4) is 0 Å². The highest BCUT2D eigenvalue weighted by Gasteiger charge is 2.62. The molecule has 0 bridgehead atoms. The monoisotopic (exact) mass is 1640 g/mol. The zero-order chi connectivity index (χ0) is 86.4. The zero-order valence-electron chi connectivity index (χ0n) is 73.0. The summed E-state index contributed by atoms with van der Waals surface area (Å²) in [5.74, 6) is -9.14. The Labute approximate surface area is 680 Å². The van der Waals surface area contributed by atoms with Crippen molar-refractivity contribution >= 4 is 47.6 Å². The molecule has 658 valence electrons. The van der Waals surface area contributed by atoms with E-state index in [9.17, 15) is 48.6 Å². The fourth-order valence-corrected chi connectivity index (χ4v) is 19.2. The van der Waals surface area contributed by atoms with Crippen molar-refractivity contribution in [3.63, 3.8) is 0 Å². The number of fused-ring (bicyclic) bond motifs is 2. The summed E-state index contributed by atoms with van der Waals surface area (Å²) in [6, 6.07) is -2.28. The van der Waals surface area contributed by atoms with Crippen molar-refractivity contribution in [1.82, 2.24) is 20.9 Å². The number of nitrogens with zero attached hydrogens (tertiary/aromatic N) is 1. The topological polar surface area (TPSA) is 382 Å². The van der Waals surface area contributed by atoms with Gasteiger partial charge < -0.3 is 116 Å². The van der Waals surface area contributed by atoms with Gasteiger partial charge in [-0.05, 0) is 143 Å². The highest BCUT2D eigenvalue weighted by atomic mass is 16.7. The molecule has 115 heavy (non-hydrogen) atoms. The number of hydrogen-bond donors (Lipinski definition) is 5. The molecule has 8 fully saturated rings. The Hall–Kier alpha value is -5.40. The first kappa shape index (κ1) is 96.7. The number of ketones is 2. The van der Waals surface area contributed by atoms with Crippen molar-refractivity contribution in [1.29, 1.82) is 0 Å². The van der Waals surface area contributed by atoms with Gasteiger partial charge in [0.1, 0.15) is 47.2 Å². The summed E-state index contributed by atoms with van der Waals surface area (Å²) < 4.78 is 113. The number of alkyl carbamates (subject to hydrolysis) is 2. The molecule has 0 aromatic carbocycles. The maximum atomic E-state index is 14.6. The minimum Gasteiger partial charge on any atom is -0.458 e. The van der Waals surface area contributed by atoms with Crippen LogP contribution in [-0.4, -0.2) is 281 Å². The van der Waals surface area contributed by atoms with E-state index in [0.717, 1.165) is 12.2 Å². The Morgan fingerprint density at radius 2 is 0.861 bits per heavy atom. The molecule has 36 atom stereocenters. The SMILES string of the molecule is C=CC(=O)OC1[C@H](C)O[C@@H](O[C@H]2[C@H](C)[C@@H](O[C@@H]3O[C@H](C)C[C@H](N(C)C)[C@H]3O)[C@](C)(OC)C[C@@H](C)C(=O)[C@H](C)[C@H]3NC(=O)O[C@]3(C)[C@@H](CC)OC(=O)[C@@H]2C)C[C@@]1(C)OC.C=CC(=O)OC1[C@H](C)O[C@@H](O[C@H]2[C@H](C)[C@@H](O[C@@H]3O[C@H](C)C[C@H](NC)[C@H]3O)[C@](C)(OC)C[C@@H](C)C(=O)[C@H](C)[C@H]3NC(=O)O[C@]3(C)[C@@H](CC)OC(=O)[C@@H]2C)C[C@@]1(C)OC. The van der Waals surface area contributed by atoms with Gasteiger partial charge in [0.15, 0.2) is 48.6 Å². The molecule has 8 heterocycles. The van der Waals surface area contributed by atoms with Gasteiger partial charge in [0.25, 0.3) is 0 Å². The molecule has 0 spiro atoms. The summed E-state index contributed by atoms with van der Waals surface area (Å²) in [6.07, 6.45) is -13.1. The van der Waals surface area contributed by atoms with E-state index in [0.29, 0.717) is 12.8 Å². The number of likely N-dealkylation sites (N-methyl/N-ethyl adjacent to an activating group) is 2. The number of amides is 2. The fraction of sp³-hybridized carbons (Fsp3) is 0.855. The van der Waals surface area contributed by atoms with Gasteiger partial charge in [0, 0.05) is 101 Å². The lowest BCUT2D eigenvalue weighted by Crippen LogP contribution is -2.62. The van der Waals surface area contributed by atoms with E-state index in [4.69, 9.17) is 85.3 Å². The number of carbonyl (C=O) groups excluding carboxylic acids is 8. The zero-order valence-corrected chi connectivity index (χ0v) is 73.0. The van der Waals surface area contributed by atoms with Crippen molar-refractivity contribution in [3.05, 3.63) is 25.3 Å². The highest BCUT2D eigenvalue weighted by Crippen LogP contribution is 2.47. The van der Waals surface area contributed by atoms with Crippen LogP contribution in [0.5, 0.6) is 0 Å². The van der Waals surface area contributed by atoms with Gasteiger partial charge in [-0.15, -0.1) is 0 Å². The molecule has 0 aromatic heterocycles. The van der Waals surface area contributed by atoms with Gasteiger partial charge >= 0.3 is 36.1 Å². The van der Waals surface area contributed by atoms with Crippen LogP contribution in [0.2, 0.25) is 0 Å². The van der Waals surface area contributed by atoms with Gasteiger partial charge in [0.2, 0.25) is 0 Å². The van der Waals surface area contributed by atoms with Crippen LogP contribution in [0.4, 0.5) is 9.59 Å². The third-order valence-corrected chi connectivity index (χ3v) is 26.2. The molecule has 8 saturated heterocycles. The number of rotatable bonds is 20. The van der Waals surface area contributed by atoms with Crippen molar-refractivity contribution in [2.45, 2.75) is 358 Å². The average molecular weight is 1640 g/mol. The van der Waals surface area contributed by atoms with Gasteiger partial charge in [-0.1, -0.05) is 68.5 Å². The predicted octanol–water partition coefficient (Wildman–Crippen LogP) is 7.52. The van der Waals surface area contributed by atoms with Gasteiger partial charge in [-0.25, -0.2) is 19.2 Å². The lowest BCUT2D eigenvalue weighted by molar-refractivity contribution is -0.319. The maximum absolute atomic E-state index is 14.6. The number of hydrogen-bond acceptors (Lipinski definition) is 30. The van der Waals surface area contributed by atoms with Gasteiger partial charge in [-0.3, -0.25) is 19.2 Å². The largest absolute Gasteiger partial charge is 0.458 e. The molecule has 0 aromatic rings. The minimum absolute atomic E-state index is 0.0924. The van der Waals surface area contributed by atoms with Crippen LogP contribution in [-0.2, 0) is 114 Å². The maximum Gasteiger partial charge on any atom is 0.408 e. The van der Waals surface area contributed by atoms with Crippen molar-refractivity contribution in [2.24, 2.45) is 47.3 Å². The third kappa shape index (κ3) is 21.0. The average Bonchev–Trinajstić information content (AvgIpc) is 1.64. The second-order valence-corrected chi connectivity index (χ2v) is 34.9. The molecular formula is C83H138N4O28. The quantitative estimate of drug-likeness (QED) is 0.0447. The fourth-order valence-electron chi connectivity index (χ4n) is 19.2. The second kappa shape index (κ2) is 39.4. The number of Topliss-reactive ketones (excluding diaryl/α,β-unsaturated/α-hetero) is 2. The number of nitrogens with one attached hydrogen (secondary N) is 3. The molecule has 0 radical (unpaired) electrons. The number of esters is 4. The van der Waals surface area contributed by atoms with E-state index >= 15 is 0 Å². The van der Waals surface area contributed by atoms with Crippen molar-refractivity contribution < 1.29 is 134 Å². The summed E-state index contributed by atoms with van der Waals surface area (Å²) >= 11 is 0. The minimum atomic E-state index is -1.38. The predicted molar refractivity (Wildman–Crippen MR) is 416 cm³/mol. The van der Waals surface area contributed by atoms with Gasteiger partial charge in [0.05, 0.1) is 84.0 Å². The number of carbonyl (C=O) groups is 8. The second-order valence-electron chi connectivity index (χ2n) is 34.9. The summed E-state index contributed by atoms with van der Waals surface area (Å²) in [4.78, 5) is 110. The Kier molecular flexibility index (Phi) is 33.2. The lowest BCUT2D eigenvalue weighted by Gasteiger charge is -2.50. The first-order chi connectivity index (χ1) is 53.6. The third-order valence-electron chi connectivity index (χ3n) is 26.2. The van der Waals surface area contributed by atoms with E-state index in [1.165, 1.54) is 28.4 Å². The normalized spacial score (nSPS) is 45.9. The van der Waals surface area contributed by atoms with Crippen LogP contribution in [0.1, 0.15) is 190 Å². The molecule has 5 N–H and O–H groups in total. The first-order valence-corrected chi connectivity index (χ1v) is 40.9. The van der Waals surface area contributed by atoms with E-state index in [1.54, 1.807) is 90.1 Å². The van der Waals surface area contributed by atoms with E-state index < -0.39 is 228 Å². The Morgan fingerprint density at radius 3 is 1.19 bits per heavy atom. The molecule has 2 amide bonds. The molecule has 0 saturated carbocycles. The van der Waals surface area contributed by atoms with Crippen LogP contribution in [0.15, 0.2) is 25.3 Å². The molecule has 0 aliphatic carbocycles. The highest BCUT2D eigenvalue weighted by molar-refractivity contribution is 5.86. The molecular weight excluding hydrogens is 1500 g/mol. The molecule has 2 unspecified atom stereocenters. The van der Waals surface area contributed by atoms with E-state index in [-0.39, 0.29) is 74.4 Å². The molecule has 32 nitrogen and oxygen atoms in total. The molecule has 8 rings (SSSR count). The molecule has 8 aliphatic heterocycles. The Morgan fingerprint density at radius 1 is 0.513 bits per heavy atom. The van der Waals surface area contributed by atoms with Crippen LogP contribution in [0.3, 0.4) is 0 Å². The Bertz CT molecular complexity index is 3350. The summed E-state index contributed by atoms with van der Waals surface area (Å²) in [5, 5.41) is 32.0. The van der Waals surface area contributed by atoms with Crippen LogP contribution in [0.25, 0.3) is 0 Å². The number of aliphatic hydroxyl groups is 2. The number of methoxy groups -OCH3 is 4.